The van der Waals surface area contributed by atoms with Crippen LogP contribution in [0.15, 0.2) is 88.7 Å². The van der Waals surface area contributed by atoms with E-state index in [1.807, 2.05) is 83.7 Å². The predicted molar refractivity (Wildman–Crippen MR) is 133 cm³/mol. The molecule has 0 unspecified atom stereocenters. The monoisotopic (exact) mass is 450 g/mol. The van der Waals surface area contributed by atoms with Gasteiger partial charge in [0, 0.05) is 55.9 Å². The highest BCUT2D eigenvalue weighted by Gasteiger charge is 2.23. The van der Waals surface area contributed by atoms with E-state index in [1.165, 1.54) is 4.57 Å². The van der Waals surface area contributed by atoms with Crippen LogP contribution in [0.25, 0.3) is 5.69 Å². The van der Waals surface area contributed by atoms with Crippen molar-refractivity contribution < 1.29 is 0 Å². The van der Waals surface area contributed by atoms with E-state index < -0.39 is 0 Å². The van der Waals surface area contributed by atoms with E-state index in [9.17, 15) is 9.59 Å². The van der Waals surface area contributed by atoms with Crippen molar-refractivity contribution in [3.8, 4) is 17.5 Å². The summed E-state index contributed by atoms with van der Waals surface area (Å²) in [5, 5.41) is 0. The fraction of sp³-hybridized carbons (Fsp3) is 0.214. The van der Waals surface area contributed by atoms with E-state index >= 15 is 0 Å². The molecule has 6 heteroatoms. The first-order chi connectivity index (χ1) is 16.6. The number of hydrogen-bond acceptors (Lipinski definition) is 3. The van der Waals surface area contributed by atoms with Gasteiger partial charge >= 0.3 is 5.69 Å². The molecule has 1 aliphatic heterocycles. The number of hydrogen-bond donors (Lipinski definition) is 0. The van der Waals surface area contributed by atoms with Crippen LogP contribution in [0.4, 0.5) is 0 Å². The van der Waals surface area contributed by atoms with Gasteiger partial charge in [-0.2, -0.15) is 0 Å². The number of fused-ring (bicyclic) bond motifs is 1. The predicted octanol–water partition coefficient (Wildman–Crippen LogP) is 2.80. The van der Waals surface area contributed by atoms with E-state index in [2.05, 4.69) is 16.7 Å². The second kappa shape index (κ2) is 9.42. The molecule has 0 atom stereocenters. The zero-order chi connectivity index (χ0) is 23.5. The Labute approximate surface area is 198 Å². The number of benzene rings is 2. The zero-order valence-corrected chi connectivity index (χ0v) is 19.1. The lowest BCUT2D eigenvalue weighted by molar-refractivity contribution is 0.275. The van der Waals surface area contributed by atoms with Gasteiger partial charge in [-0.3, -0.25) is 14.3 Å². The summed E-state index contributed by atoms with van der Waals surface area (Å²) in [7, 11) is 1.76. The van der Waals surface area contributed by atoms with Crippen molar-refractivity contribution >= 4 is 0 Å². The van der Waals surface area contributed by atoms with Crippen LogP contribution in [0.3, 0.4) is 0 Å². The van der Waals surface area contributed by atoms with E-state index in [1.54, 1.807) is 11.6 Å². The lowest BCUT2D eigenvalue weighted by atomic mass is 10.1. The SMILES string of the molecule is Cn1c2c(c(=O)n(Cc3ccc(-n4cccc4)cc3)c1=O)CN(CC#Cc1ccccc1)CC2. The van der Waals surface area contributed by atoms with Crippen molar-refractivity contribution in [2.75, 3.05) is 13.1 Å². The van der Waals surface area contributed by atoms with Crippen LogP contribution < -0.4 is 11.2 Å². The Morgan fingerprint density at radius 2 is 1.65 bits per heavy atom. The Morgan fingerprint density at radius 3 is 2.38 bits per heavy atom. The molecule has 170 valence electrons. The molecule has 2 aromatic heterocycles. The van der Waals surface area contributed by atoms with Crippen LogP contribution in [0, 0.1) is 11.8 Å². The van der Waals surface area contributed by atoms with Gasteiger partial charge in [0.15, 0.2) is 0 Å². The standard InChI is InChI=1S/C28H26N4O2/c1-29-26-15-19-30(16-7-10-22-8-3-2-4-9-22)21-25(26)27(33)32(28(29)34)20-23-11-13-24(14-12-23)31-17-5-6-18-31/h2-6,8-9,11-14,17-18H,15-16,19-21H2,1H3. The minimum Gasteiger partial charge on any atom is -0.324 e. The third kappa shape index (κ3) is 4.39. The minimum atomic E-state index is -0.268. The van der Waals surface area contributed by atoms with Crippen molar-refractivity contribution in [2.24, 2.45) is 7.05 Å². The first kappa shape index (κ1) is 21.7. The summed E-state index contributed by atoms with van der Waals surface area (Å²) in [4.78, 5) is 28.6. The molecule has 34 heavy (non-hydrogen) atoms. The van der Waals surface area contributed by atoms with E-state index in [4.69, 9.17) is 0 Å². The first-order valence-electron chi connectivity index (χ1n) is 11.4. The van der Waals surface area contributed by atoms with Gasteiger partial charge < -0.3 is 9.13 Å². The summed E-state index contributed by atoms with van der Waals surface area (Å²) in [6.45, 7) is 2.10. The summed E-state index contributed by atoms with van der Waals surface area (Å²) in [5.41, 5.74) is 3.99. The van der Waals surface area contributed by atoms with E-state index in [-0.39, 0.29) is 17.8 Å². The van der Waals surface area contributed by atoms with Crippen molar-refractivity contribution in [3.63, 3.8) is 0 Å². The highest BCUT2D eigenvalue weighted by Crippen LogP contribution is 2.15. The van der Waals surface area contributed by atoms with Crippen molar-refractivity contribution in [3.05, 3.63) is 122 Å². The van der Waals surface area contributed by atoms with Crippen molar-refractivity contribution in [1.82, 2.24) is 18.6 Å². The number of aromatic nitrogens is 3. The maximum atomic E-state index is 13.4. The number of nitrogens with zero attached hydrogens (tertiary/aromatic N) is 4. The second-order valence-electron chi connectivity index (χ2n) is 8.54. The van der Waals surface area contributed by atoms with E-state index in [0.29, 0.717) is 25.1 Å². The smallest absolute Gasteiger partial charge is 0.324 e. The topological polar surface area (TPSA) is 52.2 Å². The molecule has 0 fully saturated rings. The molecular formula is C28H26N4O2. The zero-order valence-electron chi connectivity index (χ0n) is 19.1. The van der Waals surface area contributed by atoms with Gasteiger partial charge in [-0.05, 0) is 42.0 Å². The molecule has 0 spiro atoms. The van der Waals surface area contributed by atoms with Gasteiger partial charge in [0.25, 0.3) is 5.56 Å². The van der Waals surface area contributed by atoms with Gasteiger partial charge in [-0.1, -0.05) is 42.2 Å². The Bertz CT molecular complexity index is 1470. The fourth-order valence-electron chi connectivity index (χ4n) is 4.43. The lowest BCUT2D eigenvalue weighted by Crippen LogP contribution is -2.47. The Morgan fingerprint density at radius 1 is 0.912 bits per heavy atom. The van der Waals surface area contributed by atoms with Crippen molar-refractivity contribution in [2.45, 2.75) is 19.5 Å². The van der Waals surface area contributed by atoms with E-state index in [0.717, 1.165) is 29.1 Å². The van der Waals surface area contributed by atoms with Gasteiger partial charge in [-0.25, -0.2) is 4.79 Å². The average Bonchev–Trinajstić information content (AvgIpc) is 3.41. The third-order valence-electron chi connectivity index (χ3n) is 6.31. The molecule has 0 N–H and O–H groups in total. The quantitative estimate of drug-likeness (QED) is 0.450. The summed E-state index contributed by atoms with van der Waals surface area (Å²) >= 11 is 0. The third-order valence-corrected chi connectivity index (χ3v) is 6.31. The summed E-state index contributed by atoms with van der Waals surface area (Å²) in [6.07, 6.45) is 4.62. The molecule has 0 amide bonds. The first-order valence-corrected chi connectivity index (χ1v) is 11.4. The molecule has 4 aromatic rings. The van der Waals surface area contributed by atoms with Gasteiger partial charge in [0.2, 0.25) is 0 Å². The Hall–Kier alpha value is -4.08. The molecule has 0 saturated carbocycles. The largest absolute Gasteiger partial charge is 0.331 e. The molecule has 2 aromatic carbocycles. The van der Waals surface area contributed by atoms with Gasteiger partial charge in [0.1, 0.15) is 0 Å². The molecule has 0 saturated heterocycles. The fourth-order valence-corrected chi connectivity index (χ4v) is 4.43. The minimum absolute atomic E-state index is 0.201. The molecule has 0 radical (unpaired) electrons. The van der Waals surface area contributed by atoms with Crippen LogP contribution in [-0.4, -0.2) is 31.7 Å². The summed E-state index contributed by atoms with van der Waals surface area (Å²) < 4.78 is 5.00. The molecular weight excluding hydrogens is 424 g/mol. The van der Waals surface area contributed by atoms with Gasteiger partial charge in [-0.15, -0.1) is 0 Å². The molecule has 0 bridgehead atoms. The Kier molecular flexibility index (Phi) is 6.03. The van der Waals surface area contributed by atoms with Gasteiger partial charge in [0.05, 0.1) is 18.7 Å². The maximum absolute atomic E-state index is 13.4. The van der Waals surface area contributed by atoms with Crippen LogP contribution in [0.2, 0.25) is 0 Å². The molecule has 5 rings (SSSR count). The molecule has 0 aliphatic carbocycles. The van der Waals surface area contributed by atoms with Crippen LogP contribution in [0.1, 0.15) is 22.4 Å². The maximum Gasteiger partial charge on any atom is 0.331 e. The Balaban J connectivity index is 1.38. The molecule has 6 nitrogen and oxygen atoms in total. The highest BCUT2D eigenvalue weighted by atomic mass is 16.2. The second-order valence-corrected chi connectivity index (χ2v) is 8.54. The summed E-state index contributed by atoms with van der Waals surface area (Å²) in [5.74, 6) is 6.39. The molecule has 1 aliphatic rings. The molecule has 3 heterocycles. The number of rotatable bonds is 4. The normalized spacial score (nSPS) is 13.2. The van der Waals surface area contributed by atoms with Crippen molar-refractivity contribution in [1.29, 1.82) is 0 Å². The lowest BCUT2D eigenvalue weighted by Gasteiger charge is -2.28. The summed E-state index contributed by atoms with van der Waals surface area (Å²) in [6, 6.07) is 21.7. The van der Waals surface area contributed by atoms with Crippen LogP contribution >= 0.6 is 0 Å². The van der Waals surface area contributed by atoms with Crippen LogP contribution in [-0.2, 0) is 26.6 Å². The highest BCUT2D eigenvalue weighted by molar-refractivity contribution is 5.36. The van der Waals surface area contributed by atoms with Crippen LogP contribution in [0.5, 0.6) is 0 Å². The average molecular weight is 451 g/mol.